The summed E-state index contributed by atoms with van der Waals surface area (Å²) in [6, 6.07) is 0. The first kappa shape index (κ1) is 11.3. The van der Waals surface area contributed by atoms with Crippen LogP contribution in [0.5, 0.6) is 0 Å². The van der Waals surface area contributed by atoms with Gasteiger partial charge in [0, 0.05) is 13.2 Å². The van der Waals surface area contributed by atoms with Crippen molar-refractivity contribution in [3.05, 3.63) is 17.3 Å². The summed E-state index contributed by atoms with van der Waals surface area (Å²) in [4.78, 5) is 9.52. The standard InChI is InChI=1S/C11H15N3OS/c1-8-6-16-11-9(8)10(13-7-14-11)12-4-2-3-5-15/h6-7,15H,2-5H2,1H3,(H,12,13,14). The fourth-order valence-corrected chi connectivity index (χ4v) is 2.48. The largest absolute Gasteiger partial charge is 0.396 e. The van der Waals surface area contributed by atoms with E-state index in [-0.39, 0.29) is 6.61 Å². The highest BCUT2D eigenvalue weighted by Crippen LogP contribution is 2.28. The first-order valence-corrected chi connectivity index (χ1v) is 6.24. The van der Waals surface area contributed by atoms with Crippen molar-refractivity contribution in [2.24, 2.45) is 0 Å². The lowest BCUT2D eigenvalue weighted by Crippen LogP contribution is -2.04. The van der Waals surface area contributed by atoms with Crippen LogP contribution >= 0.6 is 11.3 Å². The Hall–Kier alpha value is -1.20. The maximum absolute atomic E-state index is 8.69. The number of thiophene rings is 1. The molecular formula is C11H15N3OS. The monoisotopic (exact) mass is 237 g/mol. The van der Waals surface area contributed by atoms with Gasteiger partial charge in [0.05, 0.1) is 5.39 Å². The lowest BCUT2D eigenvalue weighted by molar-refractivity contribution is 0.286. The number of hydrogen-bond acceptors (Lipinski definition) is 5. The summed E-state index contributed by atoms with van der Waals surface area (Å²) in [5.41, 5.74) is 1.21. The molecule has 0 unspecified atom stereocenters. The van der Waals surface area contributed by atoms with Gasteiger partial charge in [0.1, 0.15) is 17.0 Å². The summed E-state index contributed by atoms with van der Waals surface area (Å²) < 4.78 is 0. The highest BCUT2D eigenvalue weighted by Gasteiger charge is 2.07. The number of aryl methyl sites for hydroxylation is 1. The summed E-state index contributed by atoms with van der Waals surface area (Å²) in [5.74, 6) is 0.904. The summed E-state index contributed by atoms with van der Waals surface area (Å²) >= 11 is 1.64. The molecule has 0 fully saturated rings. The molecule has 2 heterocycles. The second-order valence-electron chi connectivity index (χ2n) is 3.68. The molecule has 0 atom stereocenters. The predicted molar refractivity (Wildman–Crippen MR) is 67.0 cm³/mol. The van der Waals surface area contributed by atoms with Crippen molar-refractivity contribution in [2.45, 2.75) is 19.8 Å². The topological polar surface area (TPSA) is 58.0 Å². The molecule has 0 aromatic carbocycles. The fourth-order valence-electron chi connectivity index (χ4n) is 1.59. The van der Waals surface area contributed by atoms with Crippen LogP contribution in [0.1, 0.15) is 18.4 Å². The van der Waals surface area contributed by atoms with E-state index in [9.17, 15) is 0 Å². The van der Waals surface area contributed by atoms with Crippen molar-refractivity contribution in [1.29, 1.82) is 0 Å². The van der Waals surface area contributed by atoms with Gasteiger partial charge in [-0.15, -0.1) is 11.3 Å². The van der Waals surface area contributed by atoms with Crippen LogP contribution in [0.25, 0.3) is 10.2 Å². The molecule has 16 heavy (non-hydrogen) atoms. The van der Waals surface area contributed by atoms with E-state index in [4.69, 9.17) is 5.11 Å². The number of aliphatic hydroxyl groups excluding tert-OH is 1. The van der Waals surface area contributed by atoms with E-state index < -0.39 is 0 Å². The third-order valence-electron chi connectivity index (χ3n) is 2.43. The summed E-state index contributed by atoms with van der Waals surface area (Å²) in [7, 11) is 0. The Labute approximate surface area is 98.4 Å². The normalized spacial score (nSPS) is 10.9. The molecule has 0 amide bonds. The Morgan fingerprint density at radius 3 is 3.06 bits per heavy atom. The van der Waals surface area contributed by atoms with Crippen molar-refractivity contribution in [1.82, 2.24) is 9.97 Å². The zero-order chi connectivity index (χ0) is 11.4. The molecule has 86 valence electrons. The lowest BCUT2D eigenvalue weighted by Gasteiger charge is -2.06. The van der Waals surface area contributed by atoms with Gasteiger partial charge in [-0.25, -0.2) is 9.97 Å². The molecule has 0 aliphatic rings. The number of anilines is 1. The molecule has 0 radical (unpaired) electrons. The van der Waals surface area contributed by atoms with E-state index in [1.165, 1.54) is 5.56 Å². The summed E-state index contributed by atoms with van der Waals surface area (Å²) in [6.45, 7) is 3.15. The van der Waals surface area contributed by atoms with Gasteiger partial charge in [-0.2, -0.15) is 0 Å². The molecule has 0 spiro atoms. The molecule has 5 heteroatoms. The maximum atomic E-state index is 8.69. The van der Waals surface area contributed by atoms with E-state index in [2.05, 4.69) is 27.6 Å². The number of hydrogen-bond donors (Lipinski definition) is 2. The molecule has 2 aromatic heterocycles. The Kier molecular flexibility index (Phi) is 3.69. The molecule has 0 aliphatic carbocycles. The van der Waals surface area contributed by atoms with Gasteiger partial charge < -0.3 is 10.4 Å². The van der Waals surface area contributed by atoms with Crippen molar-refractivity contribution in [3.8, 4) is 0 Å². The van der Waals surface area contributed by atoms with Gasteiger partial charge in [0.2, 0.25) is 0 Å². The third-order valence-corrected chi connectivity index (χ3v) is 3.44. The van der Waals surface area contributed by atoms with E-state index in [1.807, 2.05) is 0 Å². The number of aliphatic hydroxyl groups is 1. The Morgan fingerprint density at radius 2 is 2.25 bits per heavy atom. The molecule has 0 saturated heterocycles. The van der Waals surface area contributed by atoms with Crippen molar-refractivity contribution in [3.63, 3.8) is 0 Å². The Morgan fingerprint density at radius 1 is 1.38 bits per heavy atom. The highest BCUT2D eigenvalue weighted by molar-refractivity contribution is 7.17. The van der Waals surface area contributed by atoms with Gasteiger partial charge in [0.25, 0.3) is 0 Å². The minimum absolute atomic E-state index is 0.248. The molecule has 0 aliphatic heterocycles. The number of fused-ring (bicyclic) bond motifs is 1. The SMILES string of the molecule is Cc1csc2ncnc(NCCCCO)c12. The number of aromatic nitrogens is 2. The average Bonchev–Trinajstić information content (AvgIpc) is 2.68. The number of rotatable bonds is 5. The first-order chi connectivity index (χ1) is 7.83. The zero-order valence-corrected chi connectivity index (χ0v) is 10.0. The highest BCUT2D eigenvalue weighted by atomic mass is 32.1. The van der Waals surface area contributed by atoms with Crippen LogP contribution in [0.2, 0.25) is 0 Å². The van der Waals surface area contributed by atoms with E-state index in [1.54, 1.807) is 17.7 Å². The number of unbranched alkanes of at least 4 members (excludes halogenated alkanes) is 1. The van der Waals surface area contributed by atoms with Crippen LogP contribution < -0.4 is 5.32 Å². The van der Waals surface area contributed by atoms with Crippen molar-refractivity contribution >= 4 is 27.4 Å². The van der Waals surface area contributed by atoms with Crippen molar-refractivity contribution in [2.75, 3.05) is 18.5 Å². The summed E-state index contributed by atoms with van der Waals surface area (Å²) in [6.07, 6.45) is 3.36. The number of nitrogens with zero attached hydrogens (tertiary/aromatic N) is 2. The molecule has 0 bridgehead atoms. The average molecular weight is 237 g/mol. The molecule has 2 aromatic rings. The van der Waals surface area contributed by atoms with Crippen LogP contribution in [0, 0.1) is 6.92 Å². The first-order valence-electron chi connectivity index (χ1n) is 5.36. The van der Waals surface area contributed by atoms with Gasteiger partial charge >= 0.3 is 0 Å². The minimum atomic E-state index is 0.248. The maximum Gasteiger partial charge on any atom is 0.138 e. The van der Waals surface area contributed by atoms with Gasteiger partial charge in [-0.3, -0.25) is 0 Å². The Balaban J connectivity index is 2.13. The van der Waals surface area contributed by atoms with E-state index >= 15 is 0 Å². The molecule has 2 N–H and O–H groups in total. The Bertz CT molecular complexity index is 469. The van der Waals surface area contributed by atoms with E-state index in [0.29, 0.717) is 0 Å². The minimum Gasteiger partial charge on any atom is -0.396 e. The van der Waals surface area contributed by atoms with Gasteiger partial charge in [-0.05, 0) is 30.7 Å². The second kappa shape index (κ2) is 5.23. The van der Waals surface area contributed by atoms with E-state index in [0.717, 1.165) is 35.4 Å². The predicted octanol–water partition coefficient (Wildman–Crippen LogP) is 2.18. The van der Waals surface area contributed by atoms with Crippen molar-refractivity contribution < 1.29 is 5.11 Å². The smallest absolute Gasteiger partial charge is 0.138 e. The molecule has 4 nitrogen and oxygen atoms in total. The third kappa shape index (κ3) is 2.31. The van der Waals surface area contributed by atoms with Gasteiger partial charge in [-0.1, -0.05) is 0 Å². The quantitative estimate of drug-likeness (QED) is 0.783. The van der Waals surface area contributed by atoms with Crippen LogP contribution in [-0.2, 0) is 0 Å². The fraction of sp³-hybridized carbons (Fsp3) is 0.455. The zero-order valence-electron chi connectivity index (χ0n) is 9.23. The second-order valence-corrected chi connectivity index (χ2v) is 4.54. The van der Waals surface area contributed by atoms with Crippen LogP contribution in [-0.4, -0.2) is 28.2 Å². The van der Waals surface area contributed by atoms with Gasteiger partial charge in [0.15, 0.2) is 0 Å². The molecule has 2 rings (SSSR count). The molecular weight excluding hydrogens is 222 g/mol. The van der Waals surface area contributed by atoms with Crippen LogP contribution in [0.4, 0.5) is 5.82 Å². The lowest BCUT2D eigenvalue weighted by atomic mass is 10.2. The number of nitrogens with one attached hydrogen (secondary N) is 1. The van der Waals surface area contributed by atoms with Crippen LogP contribution in [0.3, 0.4) is 0 Å². The molecule has 0 saturated carbocycles. The van der Waals surface area contributed by atoms with Crippen LogP contribution in [0.15, 0.2) is 11.7 Å². The summed E-state index contributed by atoms with van der Waals surface area (Å²) in [5, 5.41) is 15.2.